The van der Waals surface area contributed by atoms with Gasteiger partial charge in [-0.2, -0.15) is 0 Å². The third kappa shape index (κ3) is 62.0. The van der Waals surface area contributed by atoms with Crippen LogP contribution in [0.2, 0.25) is 20.5 Å². The fourth-order valence-corrected chi connectivity index (χ4v) is 3.14. The van der Waals surface area contributed by atoms with Crippen molar-refractivity contribution < 1.29 is 381 Å². The molecule has 0 unspecified atom stereocenters. The summed E-state index contributed by atoms with van der Waals surface area (Å²) < 4.78 is 34.9. The zero-order valence-corrected chi connectivity index (χ0v) is 79.6. The number of rotatable bonds is 1. The first-order chi connectivity index (χ1) is 24.3. The van der Waals surface area contributed by atoms with Gasteiger partial charge in [0.1, 0.15) is 0 Å². The molecule has 2 N–H and O–H groups in total. The molecule has 0 aliphatic carbocycles. The smallest absolute Gasteiger partial charge is 0.907 e. The second-order valence-electron chi connectivity index (χ2n) is 12.7. The van der Waals surface area contributed by atoms with Gasteiger partial charge < -0.3 is 63.1 Å². The van der Waals surface area contributed by atoms with Crippen molar-refractivity contribution in [3.05, 3.63) is 0 Å². The quantitative estimate of drug-likeness (QED) is 0.185. The molecule has 30 heteroatoms. The molecule has 0 aromatic rings. The molecule has 332 valence electrons. The maximum Gasteiger partial charge on any atom is 1.00 e. The van der Waals surface area contributed by atoms with Crippen LogP contribution in [-0.2, 0) is 27.9 Å². The fourth-order valence-electron chi connectivity index (χ4n) is 3.14. The largest absolute Gasteiger partial charge is 1.00 e. The molecule has 0 saturated carbocycles. The maximum absolute atomic E-state index is 8.97. The van der Waals surface area contributed by atoms with E-state index >= 15 is 0 Å². The topological polar surface area (TPSA) is 211 Å². The second-order valence-corrected chi connectivity index (χ2v) is 45.2. The second kappa shape index (κ2) is 62.1. The third-order valence-electron chi connectivity index (χ3n) is 7.14. The molecule has 0 atom stereocenters. The Morgan fingerprint density at radius 1 is 0.424 bits per heavy atom. The van der Waals surface area contributed by atoms with Crippen molar-refractivity contribution in [2.24, 2.45) is 0 Å². The van der Waals surface area contributed by atoms with E-state index in [0.29, 0.717) is 26.5 Å². The SMILES string of the molecule is CB(O)O.CB([O-])[O-].CB1OC(C)(C)C(C)(C)O1.CC.CC.CC.CC.CC1(C)OB(B2OC(C)(C)C(C)(C)O2)OC1(C)C.I[I-]I.I[I-]I.[O-]B([O-])[O-].[Rb+].[Rb+].[Rb+].[Rb+].[Rb+]. The van der Waals surface area contributed by atoms with Gasteiger partial charge in [0.2, 0.25) is 0 Å². The van der Waals surface area contributed by atoms with E-state index in [1.54, 1.807) is 0 Å². The van der Waals surface area contributed by atoms with E-state index in [0.717, 1.165) is 6.82 Å². The summed E-state index contributed by atoms with van der Waals surface area (Å²) in [4.78, 5) is 0. The van der Waals surface area contributed by atoms with Gasteiger partial charge in [-0.05, 0) is 96.7 Å². The van der Waals surface area contributed by atoms with Crippen molar-refractivity contribution in [3.8, 4) is 0 Å². The van der Waals surface area contributed by atoms with Crippen molar-refractivity contribution in [3.63, 3.8) is 0 Å². The first-order valence-corrected chi connectivity index (χ1v) is 42.9. The first-order valence-electron chi connectivity index (χ1n) is 17.7. The summed E-state index contributed by atoms with van der Waals surface area (Å²) in [6.45, 7) is 44.7. The zero-order valence-electron chi connectivity index (χ0n) is 42.1. The summed E-state index contributed by atoms with van der Waals surface area (Å²) in [5.41, 5.74) is -1.76. The molecular formula is C29H71B6I6O13Rb5-2. The van der Waals surface area contributed by atoms with Crippen LogP contribution in [0.15, 0.2) is 0 Å². The van der Waals surface area contributed by atoms with Gasteiger partial charge >= 0.3 is 420 Å². The summed E-state index contributed by atoms with van der Waals surface area (Å²) in [5.74, 6) is 0. The molecule has 3 fully saturated rings. The Morgan fingerprint density at radius 2 is 0.508 bits per heavy atom. The predicted molar refractivity (Wildman–Crippen MR) is 249 cm³/mol. The Balaban J connectivity index is -0.0000000407. The number of hydrogen-bond acceptors (Lipinski definition) is 13. The normalized spacial score (nSPS) is 17.2. The third-order valence-corrected chi connectivity index (χ3v) is 7.14. The van der Waals surface area contributed by atoms with Crippen LogP contribution in [0.5, 0.6) is 0 Å². The van der Waals surface area contributed by atoms with Crippen LogP contribution in [0.25, 0.3) is 0 Å². The fraction of sp³-hybridized carbons (Fsp3) is 1.00. The van der Waals surface area contributed by atoms with E-state index in [1.807, 2.05) is 118 Å². The molecule has 3 rings (SSSR count). The Kier molecular flexibility index (Phi) is 110. The molecular weight excluding hydrogens is 1810 g/mol. The van der Waals surface area contributed by atoms with Crippen LogP contribution in [0.4, 0.5) is 0 Å². The summed E-state index contributed by atoms with van der Waals surface area (Å²) >= 11 is 10.6. The van der Waals surface area contributed by atoms with E-state index in [4.69, 9.17) is 63.1 Å². The van der Waals surface area contributed by atoms with Crippen LogP contribution >= 0.6 is 74.5 Å². The number of halogens is 6. The molecule has 0 spiro atoms. The summed E-state index contributed by atoms with van der Waals surface area (Å²) in [6.07, 6.45) is 0. The predicted octanol–water partition coefficient (Wildman–Crippen LogP) is -16.4. The molecule has 0 aromatic heterocycles. The van der Waals surface area contributed by atoms with Gasteiger partial charge in [-0.25, -0.2) is 0 Å². The molecule has 0 radical (unpaired) electrons. The van der Waals surface area contributed by atoms with E-state index < -0.39 is 35.6 Å². The van der Waals surface area contributed by atoms with Gasteiger partial charge in [0.05, 0.1) is 33.6 Å². The Morgan fingerprint density at radius 3 is 0.576 bits per heavy atom. The van der Waals surface area contributed by atoms with Crippen LogP contribution < -0.4 is 343 Å². The van der Waals surface area contributed by atoms with Crippen LogP contribution in [0, 0.1) is 0 Å². The van der Waals surface area contributed by atoms with E-state index in [9.17, 15) is 0 Å². The average molecular weight is 1880 g/mol. The molecule has 3 aliphatic heterocycles. The Hall–Kier alpha value is 13.3. The van der Waals surface area contributed by atoms with Gasteiger partial charge in [0, 0.05) is 0 Å². The summed E-state index contributed by atoms with van der Waals surface area (Å²) in [6, 6.07) is 0. The Labute approximate surface area is 670 Å². The standard InChI is InChI=1S/C12H24B2O4.C7H15BO2.4C2H6.CH5BO2.CH3BO2.BO3.2I3.5Rb/c1-9(2)10(3,4)16-13(15-9)14-17-11(5,6)12(7,8)18-14;1-6(2)7(3,4)10-8(5)9-6;4*1-2;2*1-2(3)4;2-1(3)4;2*1-3-2;;;;;/h1-8H3;1-5H3;4*1-2H3;3-4H,1H3;1H3;;;;;;;;/q;;;;;;;-2;-3;2*-1;5*+1. The van der Waals surface area contributed by atoms with Crippen LogP contribution in [-0.4, -0.2) is 86.3 Å². The molecule has 3 aliphatic rings. The van der Waals surface area contributed by atoms with Gasteiger partial charge in [-0.1, -0.05) is 55.4 Å². The van der Waals surface area contributed by atoms with Crippen LogP contribution in [0.3, 0.4) is 0 Å². The van der Waals surface area contributed by atoms with Crippen molar-refractivity contribution >= 4 is 117 Å². The van der Waals surface area contributed by atoms with E-state index in [2.05, 4.69) is 102 Å². The van der Waals surface area contributed by atoms with Crippen molar-refractivity contribution in [1.29, 1.82) is 0 Å². The maximum atomic E-state index is 8.97. The minimum Gasteiger partial charge on any atom is -0.907 e. The Bertz CT molecular complexity index is 717. The van der Waals surface area contributed by atoms with Crippen molar-refractivity contribution in [2.75, 3.05) is 0 Å². The van der Waals surface area contributed by atoms with Gasteiger partial charge in [0.15, 0.2) is 0 Å². The zero-order chi connectivity index (χ0) is 46.1. The molecule has 3 saturated heterocycles. The molecule has 59 heavy (non-hydrogen) atoms. The minimum atomic E-state index is -2.92. The van der Waals surface area contributed by atoms with Gasteiger partial charge in [-0.3, -0.25) is 7.32 Å². The molecule has 3 heterocycles. The first kappa shape index (κ1) is 105. The monoisotopic (exact) mass is 1880 g/mol. The number of hydrogen-bond donors (Lipinski definition) is 2. The van der Waals surface area contributed by atoms with Crippen LogP contribution in [0.1, 0.15) is 138 Å². The molecule has 0 bridgehead atoms. The minimum absolute atomic E-state index is 0. The van der Waals surface area contributed by atoms with Crippen molar-refractivity contribution in [1.82, 2.24) is 0 Å². The summed E-state index contributed by atoms with van der Waals surface area (Å²) in [5, 5.41) is 58.4. The van der Waals surface area contributed by atoms with E-state index in [1.165, 1.54) is 6.82 Å². The van der Waals surface area contributed by atoms with Gasteiger partial charge in [-0.15, -0.1) is 13.9 Å². The van der Waals surface area contributed by atoms with Crippen molar-refractivity contribution in [2.45, 2.75) is 193 Å². The molecule has 0 aromatic carbocycles. The van der Waals surface area contributed by atoms with E-state index in [-0.39, 0.29) is 332 Å². The molecule has 0 amide bonds. The average Bonchev–Trinajstić information content (AvgIpc) is 3.45. The van der Waals surface area contributed by atoms with Gasteiger partial charge in [0.25, 0.3) is 0 Å². The summed E-state index contributed by atoms with van der Waals surface area (Å²) in [7, 11) is -6.77. The molecule has 13 nitrogen and oxygen atoms in total.